The van der Waals surface area contributed by atoms with E-state index in [1.54, 1.807) is 5.57 Å². The first-order chi connectivity index (χ1) is 11.9. The van der Waals surface area contributed by atoms with Crippen molar-refractivity contribution >= 4 is 5.97 Å². The molecule has 3 heteroatoms. The van der Waals surface area contributed by atoms with E-state index in [9.17, 15) is 9.90 Å². The Bertz CT molecular complexity index is 568. The maximum absolute atomic E-state index is 11.4. The summed E-state index contributed by atoms with van der Waals surface area (Å²) in [7, 11) is 0. The van der Waals surface area contributed by atoms with Crippen LogP contribution in [0, 0.1) is 35.0 Å². The van der Waals surface area contributed by atoms with Gasteiger partial charge in [-0.2, -0.15) is 0 Å². The summed E-state index contributed by atoms with van der Waals surface area (Å²) < 4.78 is 5.56. The molecular weight excluding hydrogens is 312 g/mol. The molecule has 3 saturated carbocycles. The Balaban J connectivity index is 1.53. The highest BCUT2D eigenvalue weighted by Crippen LogP contribution is 2.63. The maximum atomic E-state index is 11.4. The zero-order valence-electron chi connectivity index (χ0n) is 16.0. The second kappa shape index (κ2) is 6.40. The number of carbonyl (C=O) groups is 1. The van der Waals surface area contributed by atoms with E-state index < -0.39 is 0 Å². The minimum atomic E-state index is -0.212. The number of allylic oxidation sites excluding steroid dienone is 1. The summed E-state index contributed by atoms with van der Waals surface area (Å²) in [5.41, 5.74) is 1.88. The Morgan fingerprint density at radius 1 is 1.16 bits per heavy atom. The van der Waals surface area contributed by atoms with Crippen LogP contribution in [0.1, 0.15) is 72.1 Å². The number of esters is 1. The van der Waals surface area contributed by atoms with Crippen LogP contribution in [0.25, 0.3) is 0 Å². The summed E-state index contributed by atoms with van der Waals surface area (Å²) in [5, 5.41) is 10.1. The van der Waals surface area contributed by atoms with Crippen LogP contribution in [0.2, 0.25) is 0 Å². The minimum absolute atomic E-state index is 0.0727. The van der Waals surface area contributed by atoms with Crippen molar-refractivity contribution in [3.8, 4) is 0 Å². The zero-order valence-corrected chi connectivity index (χ0v) is 16.0. The molecule has 3 fully saturated rings. The molecule has 8 unspecified atom stereocenters. The lowest BCUT2D eigenvalue weighted by atomic mass is 9.49. The third-order valence-electron chi connectivity index (χ3n) is 8.42. The van der Waals surface area contributed by atoms with E-state index in [-0.39, 0.29) is 18.2 Å². The average Bonchev–Trinajstić information content (AvgIpc) is 2.99. The molecule has 0 bridgehead atoms. The van der Waals surface area contributed by atoms with Gasteiger partial charge in [-0.1, -0.05) is 18.6 Å². The molecule has 1 N–H and O–H groups in total. The van der Waals surface area contributed by atoms with Crippen LogP contribution in [-0.2, 0) is 9.53 Å². The zero-order chi connectivity index (χ0) is 17.8. The van der Waals surface area contributed by atoms with Crippen molar-refractivity contribution in [1.29, 1.82) is 0 Å². The molecule has 0 aromatic carbocycles. The van der Waals surface area contributed by atoms with Gasteiger partial charge in [0.25, 0.3) is 0 Å². The molecule has 0 aliphatic heterocycles. The van der Waals surface area contributed by atoms with Crippen molar-refractivity contribution in [2.75, 3.05) is 0 Å². The van der Waals surface area contributed by atoms with Gasteiger partial charge in [0.15, 0.2) is 0 Å². The summed E-state index contributed by atoms with van der Waals surface area (Å²) in [6, 6.07) is 0. The maximum Gasteiger partial charge on any atom is 0.302 e. The highest BCUT2D eigenvalue weighted by Gasteiger charge is 2.55. The molecule has 0 radical (unpaired) electrons. The van der Waals surface area contributed by atoms with Crippen molar-refractivity contribution in [1.82, 2.24) is 0 Å². The van der Waals surface area contributed by atoms with Crippen LogP contribution >= 0.6 is 0 Å². The van der Waals surface area contributed by atoms with Gasteiger partial charge < -0.3 is 9.84 Å². The van der Waals surface area contributed by atoms with Crippen LogP contribution in [0.3, 0.4) is 0 Å². The molecule has 140 valence electrons. The monoisotopic (exact) mass is 346 g/mol. The predicted octanol–water partition coefficient (Wildman–Crippen LogP) is 4.49. The fourth-order valence-corrected chi connectivity index (χ4v) is 7.34. The van der Waals surface area contributed by atoms with Crippen molar-refractivity contribution < 1.29 is 14.6 Å². The number of fused-ring (bicyclic) bond motifs is 5. The smallest absolute Gasteiger partial charge is 0.302 e. The molecule has 0 heterocycles. The van der Waals surface area contributed by atoms with Crippen LogP contribution in [-0.4, -0.2) is 23.3 Å². The first-order valence-electron chi connectivity index (χ1n) is 10.5. The second-order valence-electron chi connectivity index (χ2n) is 9.49. The van der Waals surface area contributed by atoms with Gasteiger partial charge in [-0.05, 0) is 93.3 Å². The van der Waals surface area contributed by atoms with Crippen LogP contribution in [0.4, 0.5) is 0 Å². The third-order valence-corrected chi connectivity index (χ3v) is 8.42. The Labute approximate surface area is 152 Å². The number of carbonyl (C=O) groups excluding carboxylic acids is 1. The summed E-state index contributed by atoms with van der Waals surface area (Å²) in [6.07, 6.45) is 11.8. The lowest BCUT2D eigenvalue weighted by Crippen LogP contribution is -2.48. The molecule has 4 rings (SSSR count). The van der Waals surface area contributed by atoms with Gasteiger partial charge in [-0.3, -0.25) is 4.79 Å². The Morgan fingerprint density at radius 2 is 1.92 bits per heavy atom. The second-order valence-corrected chi connectivity index (χ2v) is 9.49. The number of hydrogen-bond acceptors (Lipinski definition) is 3. The molecule has 0 aromatic rings. The summed E-state index contributed by atoms with van der Waals surface area (Å²) in [5.74, 6) is 3.64. The number of rotatable bonds is 2. The summed E-state index contributed by atoms with van der Waals surface area (Å²) >= 11 is 0. The highest BCUT2D eigenvalue weighted by atomic mass is 16.5. The van der Waals surface area contributed by atoms with Crippen molar-refractivity contribution in [2.24, 2.45) is 35.0 Å². The summed E-state index contributed by atoms with van der Waals surface area (Å²) in [6.45, 7) is 6.12. The topological polar surface area (TPSA) is 46.5 Å². The molecule has 0 aromatic heterocycles. The van der Waals surface area contributed by atoms with E-state index in [1.807, 2.05) is 0 Å². The van der Waals surface area contributed by atoms with Crippen molar-refractivity contribution in [3.63, 3.8) is 0 Å². The molecule has 4 aliphatic carbocycles. The highest BCUT2D eigenvalue weighted by molar-refractivity contribution is 5.66. The normalized spacial score (nSPS) is 47.1. The molecule has 3 nitrogen and oxygen atoms in total. The number of aliphatic hydroxyl groups is 1. The van der Waals surface area contributed by atoms with Gasteiger partial charge in [0.05, 0.1) is 6.10 Å². The van der Waals surface area contributed by atoms with Crippen LogP contribution in [0.5, 0.6) is 0 Å². The largest absolute Gasteiger partial charge is 0.463 e. The van der Waals surface area contributed by atoms with E-state index in [1.165, 1.54) is 45.4 Å². The Hall–Kier alpha value is -0.830. The molecule has 0 saturated heterocycles. The standard InChI is InChI=1S/C22H34O3/c1-13(25-14(2)23)17-6-7-19-18(17)8-9-21-20(19)5-4-15-12-16(24)10-11-22(15,21)3/h12-13,16-21,24H,4-11H2,1-3H3. The van der Waals surface area contributed by atoms with Gasteiger partial charge in [0, 0.05) is 6.92 Å². The third kappa shape index (κ3) is 2.87. The van der Waals surface area contributed by atoms with E-state index >= 15 is 0 Å². The molecule has 8 atom stereocenters. The predicted molar refractivity (Wildman–Crippen MR) is 97.8 cm³/mol. The van der Waals surface area contributed by atoms with Gasteiger partial charge >= 0.3 is 5.97 Å². The Kier molecular flexibility index (Phi) is 4.50. The van der Waals surface area contributed by atoms with Crippen molar-refractivity contribution in [3.05, 3.63) is 11.6 Å². The lowest BCUT2D eigenvalue weighted by Gasteiger charge is -2.56. The SMILES string of the molecule is CC(=O)OC(C)C1CCC2C1CCC1C2CCC2=CC(O)CCC21C. The molecule has 4 aliphatic rings. The van der Waals surface area contributed by atoms with E-state index in [0.29, 0.717) is 11.3 Å². The number of hydrogen-bond donors (Lipinski definition) is 1. The van der Waals surface area contributed by atoms with Crippen molar-refractivity contribution in [2.45, 2.75) is 84.3 Å². The molecule has 0 amide bonds. The Morgan fingerprint density at radius 3 is 2.68 bits per heavy atom. The average molecular weight is 347 g/mol. The van der Waals surface area contributed by atoms with E-state index in [0.717, 1.165) is 36.5 Å². The first kappa shape index (κ1) is 17.6. The number of aliphatic hydroxyl groups excluding tert-OH is 1. The van der Waals surface area contributed by atoms with E-state index in [2.05, 4.69) is 19.9 Å². The van der Waals surface area contributed by atoms with Gasteiger partial charge in [0.2, 0.25) is 0 Å². The molecule has 0 spiro atoms. The number of ether oxygens (including phenoxy) is 1. The van der Waals surface area contributed by atoms with Crippen LogP contribution in [0.15, 0.2) is 11.6 Å². The fourth-order valence-electron chi connectivity index (χ4n) is 7.34. The lowest BCUT2D eigenvalue weighted by molar-refractivity contribution is -0.149. The van der Waals surface area contributed by atoms with Crippen LogP contribution < -0.4 is 0 Å². The van der Waals surface area contributed by atoms with Gasteiger partial charge in [0.1, 0.15) is 6.10 Å². The fraction of sp³-hybridized carbons (Fsp3) is 0.864. The molecule has 25 heavy (non-hydrogen) atoms. The first-order valence-corrected chi connectivity index (χ1v) is 10.5. The summed E-state index contributed by atoms with van der Waals surface area (Å²) in [4.78, 5) is 11.4. The molecular formula is C22H34O3. The van der Waals surface area contributed by atoms with Gasteiger partial charge in [-0.15, -0.1) is 0 Å². The van der Waals surface area contributed by atoms with Gasteiger partial charge in [-0.25, -0.2) is 0 Å². The quantitative estimate of drug-likeness (QED) is 0.592. The minimum Gasteiger partial charge on any atom is -0.463 e. The van der Waals surface area contributed by atoms with E-state index in [4.69, 9.17) is 4.74 Å².